The normalized spacial score (nSPS) is 14.9. The summed E-state index contributed by atoms with van der Waals surface area (Å²) >= 11 is 6.31. The average molecular weight is 392 g/mol. The van der Waals surface area contributed by atoms with E-state index in [2.05, 4.69) is 20.3 Å². The van der Waals surface area contributed by atoms with E-state index < -0.39 is 6.10 Å². The maximum absolute atomic E-state index is 9.75. The van der Waals surface area contributed by atoms with Crippen LogP contribution in [0.5, 0.6) is 0 Å². The second-order valence-corrected chi connectivity index (χ2v) is 6.91. The van der Waals surface area contributed by atoms with Crippen LogP contribution >= 0.6 is 11.6 Å². The lowest BCUT2D eigenvalue weighted by Gasteiger charge is -2.23. The number of halogens is 1. The van der Waals surface area contributed by atoms with Gasteiger partial charge in [-0.1, -0.05) is 23.7 Å². The van der Waals surface area contributed by atoms with Crippen molar-refractivity contribution in [3.05, 3.63) is 29.4 Å². The molecular weight excluding hydrogens is 370 g/mol. The number of aromatic nitrogens is 3. The fourth-order valence-corrected chi connectivity index (χ4v) is 3.15. The van der Waals surface area contributed by atoms with Crippen molar-refractivity contribution in [1.29, 1.82) is 0 Å². The first-order valence-electron chi connectivity index (χ1n) is 8.63. The van der Waals surface area contributed by atoms with E-state index in [1.54, 1.807) is 6.92 Å². The van der Waals surface area contributed by atoms with E-state index in [0.717, 1.165) is 0 Å². The molecule has 3 rings (SSSR count). The van der Waals surface area contributed by atoms with E-state index in [4.69, 9.17) is 21.8 Å². The van der Waals surface area contributed by atoms with Gasteiger partial charge in [0, 0.05) is 18.6 Å². The molecule has 0 spiro atoms. The van der Waals surface area contributed by atoms with E-state index in [9.17, 15) is 10.2 Å². The quantitative estimate of drug-likeness (QED) is 0.452. The number of rotatable bonds is 7. The number of nitrogens with zero attached hydrogens (tertiary/aromatic N) is 3. The highest BCUT2D eigenvalue weighted by Gasteiger charge is 2.23. The molecule has 1 aromatic carbocycles. The van der Waals surface area contributed by atoms with Gasteiger partial charge < -0.3 is 25.7 Å². The van der Waals surface area contributed by atoms with Crippen LogP contribution in [0.4, 0.5) is 11.8 Å². The molecule has 0 radical (unpaired) electrons. The number of aliphatic hydroxyl groups is 2. The molecule has 9 heteroatoms. The zero-order valence-corrected chi connectivity index (χ0v) is 15.8. The highest BCUT2D eigenvalue weighted by Crippen LogP contribution is 2.35. The largest absolute Gasteiger partial charge is 0.436 e. The Labute approximate surface area is 161 Å². The molecule has 0 aliphatic carbocycles. The number of hydrogen-bond donors (Lipinski definition) is 4. The predicted octanol–water partition coefficient (Wildman–Crippen LogP) is 2.70. The maximum atomic E-state index is 9.75. The van der Waals surface area contributed by atoms with Gasteiger partial charge in [-0.05, 0) is 32.4 Å². The van der Waals surface area contributed by atoms with E-state index in [1.807, 2.05) is 31.2 Å². The lowest BCUT2D eigenvalue weighted by atomic mass is 9.96. The number of nitrogens with one attached hydrogen (secondary N) is 1. The summed E-state index contributed by atoms with van der Waals surface area (Å²) in [6.45, 7) is 3.44. The minimum absolute atomic E-state index is 0.0174. The zero-order valence-electron chi connectivity index (χ0n) is 15.1. The third-order valence-corrected chi connectivity index (χ3v) is 4.62. The van der Waals surface area contributed by atoms with Crippen molar-refractivity contribution in [2.24, 2.45) is 5.92 Å². The Hall–Kier alpha value is -2.42. The molecule has 0 fully saturated rings. The number of nitrogens with two attached hydrogens (primary N) is 1. The average Bonchev–Trinajstić information content (AvgIpc) is 3.02. The van der Waals surface area contributed by atoms with Gasteiger partial charge in [0.25, 0.3) is 0 Å². The molecule has 0 bridgehead atoms. The van der Waals surface area contributed by atoms with Gasteiger partial charge in [0.1, 0.15) is 22.1 Å². The smallest absolute Gasteiger partial charge is 0.234 e. The Balaban J connectivity index is 1.95. The van der Waals surface area contributed by atoms with Crippen molar-refractivity contribution in [2.45, 2.75) is 32.4 Å². The Morgan fingerprint density at radius 2 is 1.96 bits per heavy atom. The molecular formula is C18H22ClN5O3. The number of nitrogen functional groups attached to an aromatic ring is 1. The first-order chi connectivity index (χ1) is 12.9. The molecule has 0 saturated carbocycles. The molecule has 3 aromatic rings. The molecule has 144 valence electrons. The SMILES string of the molecule is CC(C[C@H](CO)[C@H](C)O)Nc1nc(N)nc(Cl)c1-c1nc2ccccc2o1. The molecule has 0 saturated heterocycles. The minimum Gasteiger partial charge on any atom is -0.436 e. The number of para-hydroxylation sites is 2. The van der Waals surface area contributed by atoms with Crippen LogP contribution in [0.2, 0.25) is 5.15 Å². The van der Waals surface area contributed by atoms with Gasteiger partial charge in [0.05, 0.1) is 6.10 Å². The second-order valence-electron chi connectivity index (χ2n) is 6.55. The molecule has 2 aromatic heterocycles. The molecule has 2 heterocycles. The van der Waals surface area contributed by atoms with Crippen LogP contribution < -0.4 is 11.1 Å². The lowest BCUT2D eigenvalue weighted by molar-refractivity contribution is 0.0736. The Morgan fingerprint density at radius 1 is 1.22 bits per heavy atom. The van der Waals surface area contributed by atoms with E-state index in [1.165, 1.54) is 0 Å². The zero-order chi connectivity index (χ0) is 19.6. The van der Waals surface area contributed by atoms with Crippen molar-refractivity contribution >= 4 is 34.5 Å². The molecule has 8 nitrogen and oxygen atoms in total. The van der Waals surface area contributed by atoms with Crippen LogP contribution in [-0.4, -0.2) is 43.9 Å². The number of anilines is 2. The second kappa shape index (κ2) is 8.08. The van der Waals surface area contributed by atoms with Crippen molar-refractivity contribution < 1.29 is 14.6 Å². The summed E-state index contributed by atoms with van der Waals surface area (Å²) in [6.07, 6.45) is -0.113. The summed E-state index contributed by atoms with van der Waals surface area (Å²) in [6, 6.07) is 7.22. The number of fused-ring (bicyclic) bond motifs is 1. The number of benzene rings is 1. The Bertz CT molecular complexity index is 898. The topological polar surface area (TPSA) is 130 Å². The van der Waals surface area contributed by atoms with Crippen molar-refractivity contribution in [2.75, 3.05) is 17.7 Å². The van der Waals surface area contributed by atoms with E-state index in [0.29, 0.717) is 28.9 Å². The van der Waals surface area contributed by atoms with Crippen LogP contribution in [-0.2, 0) is 0 Å². The summed E-state index contributed by atoms with van der Waals surface area (Å²) in [5.41, 5.74) is 7.47. The molecule has 5 N–H and O–H groups in total. The van der Waals surface area contributed by atoms with Crippen LogP contribution in [0.1, 0.15) is 20.3 Å². The molecule has 3 atom stereocenters. The highest BCUT2D eigenvalue weighted by atomic mass is 35.5. The summed E-state index contributed by atoms with van der Waals surface area (Å²) < 4.78 is 5.80. The minimum atomic E-state index is -0.630. The summed E-state index contributed by atoms with van der Waals surface area (Å²) in [5, 5.41) is 22.5. The van der Waals surface area contributed by atoms with Gasteiger partial charge in [-0.2, -0.15) is 4.98 Å². The van der Waals surface area contributed by atoms with Crippen LogP contribution in [0.15, 0.2) is 28.7 Å². The van der Waals surface area contributed by atoms with Crippen molar-refractivity contribution in [3.8, 4) is 11.5 Å². The third-order valence-electron chi connectivity index (χ3n) is 4.35. The number of aliphatic hydroxyl groups excluding tert-OH is 2. The number of oxazole rings is 1. The van der Waals surface area contributed by atoms with Gasteiger partial charge in [-0.25, -0.2) is 9.97 Å². The maximum Gasteiger partial charge on any atom is 0.234 e. The first-order valence-corrected chi connectivity index (χ1v) is 9.01. The summed E-state index contributed by atoms with van der Waals surface area (Å²) in [4.78, 5) is 12.7. The summed E-state index contributed by atoms with van der Waals surface area (Å²) in [5.74, 6) is 0.415. The predicted molar refractivity (Wildman–Crippen MR) is 104 cm³/mol. The Morgan fingerprint density at radius 3 is 2.63 bits per heavy atom. The van der Waals surface area contributed by atoms with Crippen molar-refractivity contribution in [1.82, 2.24) is 15.0 Å². The van der Waals surface area contributed by atoms with Crippen LogP contribution in [0.3, 0.4) is 0 Å². The molecule has 1 unspecified atom stereocenters. The van der Waals surface area contributed by atoms with Crippen molar-refractivity contribution in [3.63, 3.8) is 0 Å². The Kier molecular flexibility index (Phi) is 5.79. The molecule has 27 heavy (non-hydrogen) atoms. The van der Waals surface area contributed by atoms with Gasteiger partial charge in [-0.3, -0.25) is 0 Å². The van der Waals surface area contributed by atoms with E-state index >= 15 is 0 Å². The fraction of sp³-hybridized carbons (Fsp3) is 0.389. The van der Waals surface area contributed by atoms with Gasteiger partial charge in [0.2, 0.25) is 11.8 Å². The van der Waals surface area contributed by atoms with Crippen LogP contribution in [0, 0.1) is 5.92 Å². The highest BCUT2D eigenvalue weighted by molar-refractivity contribution is 6.32. The monoisotopic (exact) mass is 391 g/mol. The summed E-state index contributed by atoms with van der Waals surface area (Å²) in [7, 11) is 0. The first kappa shape index (κ1) is 19.3. The van der Waals surface area contributed by atoms with Gasteiger partial charge >= 0.3 is 0 Å². The van der Waals surface area contributed by atoms with E-state index in [-0.39, 0.29) is 35.6 Å². The molecule has 0 amide bonds. The molecule has 0 aliphatic rings. The molecule has 0 aliphatic heterocycles. The number of hydrogen-bond acceptors (Lipinski definition) is 8. The van der Waals surface area contributed by atoms with Crippen LogP contribution in [0.25, 0.3) is 22.6 Å². The van der Waals surface area contributed by atoms with Gasteiger partial charge in [0.15, 0.2) is 5.58 Å². The fourth-order valence-electron chi connectivity index (χ4n) is 2.89. The lowest BCUT2D eigenvalue weighted by Crippen LogP contribution is -2.28. The standard InChI is InChI=1S/C18H22ClN5O3/c1-9(7-11(8-25)10(2)26)21-16-14(15(19)23-18(20)24-16)17-22-12-5-3-4-6-13(12)27-17/h3-6,9-11,25-26H,7-8H2,1-2H3,(H3,20,21,23,24)/t9?,10-,11+/m0/s1. The van der Waals surface area contributed by atoms with Gasteiger partial charge in [-0.15, -0.1) is 0 Å². The third kappa shape index (κ3) is 4.29.